The van der Waals surface area contributed by atoms with E-state index in [2.05, 4.69) is 10.1 Å². The lowest BCUT2D eigenvalue weighted by Crippen LogP contribution is -2.27. The predicted octanol–water partition coefficient (Wildman–Crippen LogP) is 2.47. The molecule has 1 N–H and O–H groups in total. The van der Waals surface area contributed by atoms with Crippen molar-refractivity contribution in [1.82, 2.24) is 9.78 Å². The Balaban J connectivity index is 2.44. The first-order chi connectivity index (χ1) is 8.91. The van der Waals surface area contributed by atoms with Gasteiger partial charge in [0.15, 0.2) is 0 Å². The van der Waals surface area contributed by atoms with Gasteiger partial charge in [-0.3, -0.25) is 0 Å². The molecule has 1 aromatic carbocycles. The molecule has 6 heteroatoms. The van der Waals surface area contributed by atoms with Gasteiger partial charge in [-0.15, -0.1) is 0 Å². The minimum absolute atomic E-state index is 0.00117. The number of aliphatic hydroxyl groups excluding tert-OH is 1. The standard InChI is InChI=1S/C13H16ClN3OS/c1-13(2,8-18)15-12-17(3)16-11(19-12)9-4-6-10(14)7-5-9/h4-7,18H,8H2,1-3H3. The molecule has 4 nitrogen and oxygen atoms in total. The summed E-state index contributed by atoms with van der Waals surface area (Å²) in [6.45, 7) is 3.77. The Labute approximate surface area is 121 Å². The van der Waals surface area contributed by atoms with Crippen LogP contribution in [0, 0.1) is 0 Å². The third kappa shape index (κ3) is 3.43. The van der Waals surface area contributed by atoms with Gasteiger partial charge in [-0.1, -0.05) is 35.1 Å². The van der Waals surface area contributed by atoms with Crippen molar-refractivity contribution in [3.05, 3.63) is 34.1 Å². The summed E-state index contributed by atoms with van der Waals surface area (Å²) in [6, 6.07) is 7.55. The Bertz CT molecular complexity index is 628. The van der Waals surface area contributed by atoms with Gasteiger partial charge in [0, 0.05) is 17.6 Å². The van der Waals surface area contributed by atoms with Crippen LogP contribution < -0.4 is 4.80 Å². The fraction of sp³-hybridized carbons (Fsp3) is 0.385. The minimum atomic E-state index is -0.498. The van der Waals surface area contributed by atoms with E-state index in [0.717, 1.165) is 15.4 Å². The van der Waals surface area contributed by atoms with Crippen molar-refractivity contribution in [2.24, 2.45) is 12.0 Å². The van der Waals surface area contributed by atoms with Gasteiger partial charge in [0.25, 0.3) is 0 Å². The van der Waals surface area contributed by atoms with Crippen LogP contribution in [0.3, 0.4) is 0 Å². The largest absolute Gasteiger partial charge is 0.394 e. The highest BCUT2D eigenvalue weighted by Gasteiger charge is 2.15. The summed E-state index contributed by atoms with van der Waals surface area (Å²) < 4.78 is 1.73. The highest BCUT2D eigenvalue weighted by molar-refractivity contribution is 7.12. The van der Waals surface area contributed by atoms with E-state index in [-0.39, 0.29) is 6.61 Å². The molecular weight excluding hydrogens is 282 g/mol. The van der Waals surface area contributed by atoms with E-state index in [9.17, 15) is 5.11 Å². The number of benzene rings is 1. The van der Waals surface area contributed by atoms with Gasteiger partial charge in [0.2, 0.25) is 4.80 Å². The first-order valence-electron chi connectivity index (χ1n) is 5.88. The molecule has 0 spiro atoms. The number of aliphatic hydroxyl groups is 1. The number of rotatable bonds is 3. The zero-order valence-corrected chi connectivity index (χ0v) is 12.7. The number of nitrogens with zero attached hydrogens (tertiary/aromatic N) is 3. The second-order valence-corrected chi connectivity index (χ2v) is 6.30. The second-order valence-electron chi connectivity index (χ2n) is 4.90. The fourth-order valence-corrected chi connectivity index (χ4v) is 2.63. The zero-order chi connectivity index (χ0) is 14.0. The normalized spacial score (nSPS) is 13.0. The molecule has 0 aliphatic heterocycles. The molecule has 0 saturated heterocycles. The monoisotopic (exact) mass is 297 g/mol. The predicted molar refractivity (Wildman–Crippen MR) is 78.3 cm³/mol. The molecule has 1 heterocycles. The second kappa shape index (κ2) is 5.45. The zero-order valence-electron chi connectivity index (χ0n) is 11.1. The highest BCUT2D eigenvalue weighted by Crippen LogP contribution is 2.21. The van der Waals surface area contributed by atoms with E-state index in [1.165, 1.54) is 11.3 Å². The number of hydrogen-bond donors (Lipinski definition) is 1. The smallest absolute Gasteiger partial charge is 0.203 e. The summed E-state index contributed by atoms with van der Waals surface area (Å²) >= 11 is 7.36. The molecular formula is C13H16ClN3OS. The average molecular weight is 298 g/mol. The van der Waals surface area contributed by atoms with Crippen LogP contribution in [0.4, 0.5) is 0 Å². The lowest BCUT2D eigenvalue weighted by molar-refractivity contribution is 0.219. The molecule has 1 aromatic heterocycles. The van der Waals surface area contributed by atoms with Crippen molar-refractivity contribution < 1.29 is 5.11 Å². The molecule has 102 valence electrons. The molecule has 2 rings (SSSR count). The van der Waals surface area contributed by atoms with Crippen molar-refractivity contribution in [3.8, 4) is 10.6 Å². The van der Waals surface area contributed by atoms with Gasteiger partial charge in [-0.05, 0) is 26.0 Å². The van der Waals surface area contributed by atoms with Crippen LogP contribution in [-0.4, -0.2) is 27.0 Å². The SMILES string of the molecule is Cn1nc(-c2ccc(Cl)cc2)sc1=NC(C)(C)CO. The quantitative estimate of drug-likeness (QED) is 0.946. The summed E-state index contributed by atoms with van der Waals surface area (Å²) in [5.41, 5.74) is 0.509. The molecule has 0 fully saturated rings. The molecule has 0 aliphatic carbocycles. The average Bonchev–Trinajstić information content (AvgIpc) is 2.71. The molecule has 0 radical (unpaired) electrons. The Morgan fingerprint density at radius 2 is 2.00 bits per heavy atom. The maximum atomic E-state index is 9.27. The molecule has 0 bridgehead atoms. The van der Waals surface area contributed by atoms with E-state index in [1.54, 1.807) is 4.68 Å². The molecule has 2 aromatic rings. The van der Waals surface area contributed by atoms with Crippen molar-refractivity contribution >= 4 is 22.9 Å². The van der Waals surface area contributed by atoms with Gasteiger partial charge in [-0.2, -0.15) is 5.10 Å². The summed E-state index contributed by atoms with van der Waals surface area (Å²) in [5.74, 6) is 0. The van der Waals surface area contributed by atoms with Crippen molar-refractivity contribution in [2.75, 3.05) is 6.61 Å². The van der Waals surface area contributed by atoms with Crippen LogP contribution >= 0.6 is 22.9 Å². The van der Waals surface area contributed by atoms with E-state index < -0.39 is 5.54 Å². The third-order valence-corrected chi connectivity index (χ3v) is 3.88. The first kappa shape index (κ1) is 14.2. The maximum Gasteiger partial charge on any atom is 0.203 e. The van der Waals surface area contributed by atoms with Crippen LogP contribution in [0.25, 0.3) is 10.6 Å². The molecule has 0 saturated carbocycles. The Hall–Kier alpha value is -1.17. The molecule has 0 atom stereocenters. The van der Waals surface area contributed by atoms with Crippen molar-refractivity contribution in [3.63, 3.8) is 0 Å². The molecule has 0 unspecified atom stereocenters. The summed E-state index contributed by atoms with van der Waals surface area (Å²) in [4.78, 5) is 5.30. The van der Waals surface area contributed by atoms with Crippen LogP contribution in [0.1, 0.15) is 13.8 Å². The number of aryl methyl sites for hydroxylation is 1. The summed E-state index contributed by atoms with van der Waals surface area (Å²) in [6.07, 6.45) is 0. The Morgan fingerprint density at radius 1 is 1.37 bits per heavy atom. The van der Waals surface area contributed by atoms with Crippen molar-refractivity contribution in [2.45, 2.75) is 19.4 Å². The Morgan fingerprint density at radius 3 is 2.58 bits per heavy atom. The van der Waals surface area contributed by atoms with Crippen LogP contribution in [0.5, 0.6) is 0 Å². The number of halogens is 1. The van der Waals surface area contributed by atoms with Crippen LogP contribution in [0.15, 0.2) is 29.3 Å². The maximum absolute atomic E-state index is 9.27. The van der Waals surface area contributed by atoms with E-state index in [4.69, 9.17) is 11.6 Å². The van der Waals surface area contributed by atoms with E-state index in [0.29, 0.717) is 5.02 Å². The van der Waals surface area contributed by atoms with Gasteiger partial charge in [-0.25, -0.2) is 9.67 Å². The van der Waals surface area contributed by atoms with Crippen LogP contribution in [-0.2, 0) is 7.05 Å². The lowest BCUT2D eigenvalue weighted by atomic mass is 10.1. The molecule has 19 heavy (non-hydrogen) atoms. The minimum Gasteiger partial charge on any atom is -0.394 e. The third-order valence-electron chi connectivity index (χ3n) is 2.58. The van der Waals surface area contributed by atoms with Crippen molar-refractivity contribution in [1.29, 1.82) is 0 Å². The van der Waals surface area contributed by atoms with Crippen LogP contribution in [0.2, 0.25) is 5.02 Å². The van der Waals surface area contributed by atoms with Gasteiger partial charge in [0.1, 0.15) is 5.01 Å². The summed E-state index contributed by atoms with van der Waals surface area (Å²) in [7, 11) is 1.85. The van der Waals surface area contributed by atoms with E-state index >= 15 is 0 Å². The molecule has 0 aliphatic rings. The highest BCUT2D eigenvalue weighted by atomic mass is 35.5. The topological polar surface area (TPSA) is 50.4 Å². The lowest BCUT2D eigenvalue weighted by Gasteiger charge is -2.14. The molecule has 0 amide bonds. The first-order valence-corrected chi connectivity index (χ1v) is 7.07. The van der Waals surface area contributed by atoms with E-state index in [1.807, 2.05) is 45.2 Å². The van der Waals surface area contributed by atoms with Gasteiger partial charge < -0.3 is 5.11 Å². The van der Waals surface area contributed by atoms with Gasteiger partial charge >= 0.3 is 0 Å². The summed E-state index contributed by atoms with van der Waals surface area (Å²) in [5, 5.41) is 15.3. The number of hydrogen-bond acceptors (Lipinski definition) is 4. The number of aromatic nitrogens is 2. The fourth-order valence-electron chi connectivity index (χ4n) is 1.45. The Kier molecular flexibility index (Phi) is 4.08. The van der Waals surface area contributed by atoms with Gasteiger partial charge in [0.05, 0.1) is 12.1 Å².